The molecule has 0 radical (unpaired) electrons. The Bertz CT molecular complexity index is 1120. The van der Waals surface area contributed by atoms with Crippen LogP contribution in [0.15, 0.2) is 65.7 Å². The number of aromatic nitrogens is 1. The first-order chi connectivity index (χ1) is 14.0. The first-order valence-electron chi connectivity index (χ1n) is 9.41. The van der Waals surface area contributed by atoms with E-state index in [2.05, 4.69) is 4.57 Å². The molecule has 1 aliphatic rings. The van der Waals surface area contributed by atoms with Crippen LogP contribution in [0.1, 0.15) is 22.9 Å². The molecule has 0 fully saturated rings. The monoisotopic (exact) mass is 412 g/mol. The Labute approximate surface area is 171 Å². The predicted octanol–water partition coefficient (Wildman–Crippen LogP) is 3.61. The van der Waals surface area contributed by atoms with E-state index in [1.165, 1.54) is 20.3 Å². The van der Waals surface area contributed by atoms with Gasteiger partial charge in [-0.3, -0.25) is 0 Å². The quantitative estimate of drug-likeness (QED) is 0.642. The van der Waals surface area contributed by atoms with Crippen LogP contribution in [0.3, 0.4) is 0 Å². The van der Waals surface area contributed by atoms with Gasteiger partial charge in [-0.15, -0.1) is 0 Å². The maximum absolute atomic E-state index is 13.7. The van der Waals surface area contributed by atoms with Gasteiger partial charge < -0.3 is 14.0 Å². The second-order valence-electron chi connectivity index (χ2n) is 7.07. The first-order valence-corrected chi connectivity index (χ1v) is 10.8. The molecule has 0 bridgehead atoms. The molecule has 1 aliphatic heterocycles. The lowest BCUT2D eigenvalue weighted by atomic mass is 10.0. The van der Waals surface area contributed by atoms with Crippen molar-refractivity contribution in [3.8, 4) is 11.5 Å². The van der Waals surface area contributed by atoms with Crippen LogP contribution in [0.5, 0.6) is 11.5 Å². The molecule has 0 N–H and O–H groups in total. The van der Waals surface area contributed by atoms with Crippen LogP contribution in [-0.2, 0) is 16.6 Å². The lowest BCUT2D eigenvalue weighted by Gasteiger charge is -2.36. The van der Waals surface area contributed by atoms with Crippen molar-refractivity contribution in [1.29, 1.82) is 0 Å². The van der Waals surface area contributed by atoms with E-state index in [1.807, 2.05) is 49.5 Å². The Morgan fingerprint density at radius 1 is 0.931 bits per heavy atom. The van der Waals surface area contributed by atoms with E-state index in [0.29, 0.717) is 24.6 Å². The number of ether oxygens (including phenoxy) is 2. The van der Waals surface area contributed by atoms with Crippen LogP contribution < -0.4 is 9.47 Å². The number of sulfonamides is 1. The van der Waals surface area contributed by atoms with Crippen molar-refractivity contribution in [1.82, 2.24) is 8.87 Å². The highest BCUT2D eigenvalue weighted by molar-refractivity contribution is 7.89. The minimum absolute atomic E-state index is 0.187. The van der Waals surface area contributed by atoms with E-state index < -0.39 is 16.1 Å². The number of hydrogen-bond acceptors (Lipinski definition) is 4. The molecule has 2 aromatic carbocycles. The molecule has 29 heavy (non-hydrogen) atoms. The molecule has 0 spiro atoms. The van der Waals surface area contributed by atoms with Crippen LogP contribution in [0, 0.1) is 6.92 Å². The zero-order valence-corrected chi connectivity index (χ0v) is 17.5. The molecule has 1 atom stereocenters. The fourth-order valence-corrected chi connectivity index (χ4v) is 5.42. The normalized spacial score (nSPS) is 17.0. The molecule has 0 unspecified atom stereocenters. The summed E-state index contributed by atoms with van der Waals surface area (Å²) < 4.78 is 41.6. The average Bonchev–Trinajstić information content (AvgIpc) is 3.22. The predicted molar refractivity (Wildman–Crippen MR) is 111 cm³/mol. The van der Waals surface area contributed by atoms with E-state index in [4.69, 9.17) is 9.47 Å². The Morgan fingerprint density at radius 2 is 1.66 bits per heavy atom. The number of benzene rings is 2. The Kier molecular flexibility index (Phi) is 5.10. The summed E-state index contributed by atoms with van der Waals surface area (Å²) in [4.78, 5) is 0.187. The minimum atomic E-state index is -3.76. The van der Waals surface area contributed by atoms with Crippen LogP contribution in [-0.4, -0.2) is 38.1 Å². The van der Waals surface area contributed by atoms with E-state index >= 15 is 0 Å². The minimum Gasteiger partial charge on any atom is -0.493 e. The van der Waals surface area contributed by atoms with Gasteiger partial charge in [0.2, 0.25) is 10.0 Å². The third-order valence-electron chi connectivity index (χ3n) is 5.35. The number of nitrogens with zero attached hydrogens (tertiary/aromatic N) is 2. The lowest BCUT2D eigenvalue weighted by molar-refractivity contribution is 0.298. The number of aryl methyl sites for hydroxylation is 1. The van der Waals surface area contributed by atoms with Crippen molar-refractivity contribution >= 4 is 10.0 Å². The summed E-state index contributed by atoms with van der Waals surface area (Å²) >= 11 is 0. The Morgan fingerprint density at radius 3 is 2.34 bits per heavy atom. The molecule has 1 aromatic heterocycles. The van der Waals surface area contributed by atoms with Crippen molar-refractivity contribution in [2.75, 3.05) is 20.8 Å². The summed E-state index contributed by atoms with van der Waals surface area (Å²) in [5, 5.41) is 0. The number of rotatable bonds is 5. The van der Waals surface area contributed by atoms with Crippen LogP contribution in [0.2, 0.25) is 0 Å². The average molecular weight is 413 g/mol. The maximum Gasteiger partial charge on any atom is 0.244 e. The highest BCUT2D eigenvalue weighted by atomic mass is 32.2. The fraction of sp³-hybridized carbons (Fsp3) is 0.273. The molecule has 0 saturated carbocycles. The molecule has 3 aromatic rings. The molecule has 7 heteroatoms. The van der Waals surface area contributed by atoms with Crippen LogP contribution in [0.25, 0.3) is 0 Å². The second-order valence-corrected chi connectivity index (χ2v) is 8.96. The maximum atomic E-state index is 13.7. The summed E-state index contributed by atoms with van der Waals surface area (Å²) in [5.74, 6) is 0.884. The van der Waals surface area contributed by atoms with Gasteiger partial charge in [0.05, 0.1) is 25.2 Å². The third kappa shape index (κ3) is 3.41. The number of hydrogen-bond donors (Lipinski definition) is 0. The summed E-state index contributed by atoms with van der Waals surface area (Å²) in [6.07, 6.45) is 2.00. The number of fused-ring (bicyclic) bond motifs is 1. The molecule has 2 heterocycles. The smallest absolute Gasteiger partial charge is 0.244 e. The van der Waals surface area contributed by atoms with E-state index in [1.54, 1.807) is 16.4 Å². The van der Waals surface area contributed by atoms with Gasteiger partial charge in [0, 0.05) is 31.0 Å². The van der Waals surface area contributed by atoms with E-state index in [9.17, 15) is 8.42 Å². The molecule has 6 nitrogen and oxygen atoms in total. The topological polar surface area (TPSA) is 60.8 Å². The van der Waals surface area contributed by atoms with Crippen molar-refractivity contribution < 1.29 is 17.9 Å². The lowest BCUT2D eigenvalue weighted by Crippen LogP contribution is -2.42. The zero-order chi connectivity index (χ0) is 20.6. The molecular formula is C22H24N2O4S. The summed E-state index contributed by atoms with van der Waals surface area (Å²) in [6.45, 7) is 3.01. The van der Waals surface area contributed by atoms with Crippen molar-refractivity contribution in [3.05, 3.63) is 77.6 Å². The fourth-order valence-electron chi connectivity index (χ4n) is 3.82. The molecule has 0 amide bonds. The van der Waals surface area contributed by atoms with E-state index in [-0.39, 0.29) is 4.90 Å². The van der Waals surface area contributed by atoms with Gasteiger partial charge in [-0.25, -0.2) is 8.42 Å². The summed E-state index contributed by atoms with van der Waals surface area (Å²) in [5.41, 5.74) is 3.04. The summed E-state index contributed by atoms with van der Waals surface area (Å²) in [7, 11) is -0.740. The van der Waals surface area contributed by atoms with Gasteiger partial charge in [0.25, 0.3) is 0 Å². The SMILES string of the molecule is COc1ccc(S(=O)(=O)N2CCn3cccc3[C@H]2c2ccc(C)cc2)cc1OC. The Balaban J connectivity index is 1.82. The van der Waals surface area contributed by atoms with Gasteiger partial charge in [0.1, 0.15) is 0 Å². The van der Waals surface area contributed by atoms with Gasteiger partial charge in [-0.05, 0) is 36.8 Å². The molecular weight excluding hydrogens is 388 g/mol. The third-order valence-corrected chi connectivity index (χ3v) is 7.21. The molecule has 4 rings (SSSR count). The molecule has 0 saturated heterocycles. The first kappa shape index (κ1) is 19.5. The molecule has 152 valence electrons. The standard InChI is InChI=1S/C22H24N2O4S/c1-16-6-8-17(9-7-16)22-19-5-4-12-23(19)13-14-24(22)29(25,26)18-10-11-20(27-2)21(15-18)28-3/h4-12,15,22H,13-14H2,1-3H3/t22-/m1/s1. The molecule has 0 aliphatic carbocycles. The van der Waals surface area contributed by atoms with Gasteiger partial charge in [-0.1, -0.05) is 29.8 Å². The van der Waals surface area contributed by atoms with Crippen molar-refractivity contribution in [3.63, 3.8) is 0 Å². The number of methoxy groups -OCH3 is 2. The van der Waals surface area contributed by atoms with Crippen molar-refractivity contribution in [2.45, 2.75) is 24.4 Å². The largest absolute Gasteiger partial charge is 0.493 e. The van der Waals surface area contributed by atoms with Gasteiger partial charge in [-0.2, -0.15) is 4.31 Å². The highest BCUT2D eigenvalue weighted by Crippen LogP contribution is 2.38. The van der Waals surface area contributed by atoms with Crippen LogP contribution in [0.4, 0.5) is 0 Å². The summed E-state index contributed by atoms with van der Waals surface area (Å²) in [6, 6.07) is 16.3. The van der Waals surface area contributed by atoms with E-state index in [0.717, 1.165) is 16.8 Å². The van der Waals surface area contributed by atoms with Gasteiger partial charge in [0.15, 0.2) is 11.5 Å². The highest BCUT2D eigenvalue weighted by Gasteiger charge is 2.37. The van der Waals surface area contributed by atoms with Gasteiger partial charge >= 0.3 is 0 Å². The zero-order valence-electron chi connectivity index (χ0n) is 16.7. The van der Waals surface area contributed by atoms with Crippen molar-refractivity contribution in [2.24, 2.45) is 0 Å². The van der Waals surface area contributed by atoms with Crippen LogP contribution >= 0.6 is 0 Å². The Hall–Kier alpha value is -2.77. The second kappa shape index (κ2) is 7.57.